The Bertz CT molecular complexity index is 1110. The maximum atomic E-state index is 12.4. The third-order valence-electron chi connectivity index (χ3n) is 4.11. The van der Waals surface area contributed by atoms with Crippen molar-refractivity contribution >= 4 is 28.0 Å². The maximum Gasteiger partial charge on any atom is 0.287 e. The van der Waals surface area contributed by atoms with Crippen LogP contribution in [-0.2, 0) is 28.6 Å². The average Bonchev–Trinajstić information content (AvgIpc) is 3.28. The Labute approximate surface area is 167 Å². The minimum Gasteiger partial charge on any atom is -0.455 e. The second kappa shape index (κ2) is 8.53. The van der Waals surface area contributed by atoms with Crippen LogP contribution < -0.4 is 5.32 Å². The molecule has 0 aliphatic heterocycles. The molecule has 1 aromatic carbocycles. The van der Waals surface area contributed by atoms with Crippen molar-refractivity contribution in [2.45, 2.75) is 30.5 Å². The molecule has 2 N–H and O–H groups in total. The summed E-state index contributed by atoms with van der Waals surface area (Å²) >= 11 is 5.13. The molecule has 0 aliphatic carbocycles. The van der Waals surface area contributed by atoms with E-state index in [4.69, 9.17) is 16.6 Å². The molecular weight excluding hydrogens is 400 g/mol. The Balaban J connectivity index is 1.59. The molecule has 1 amide bonds. The summed E-state index contributed by atoms with van der Waals surface area (Å²) in [4.78, 5) is 12.4. The molecule has 0 saturated carbocycles. The first-order valence-electron chi connectivity index (χ1n) is 8.69. The number of carbonyl (C=O) groups excluding carboxylic acids is 1. The molecule has 148 valence electrons. The average molecular weight is 421 g/mol. The normalized spacial score (nSPS) is 11.5. The zero-order valence-electron chi connectivity index (χ0n) is 15.2. The third-order valence-corrected chi connectivity index (χ3v) is 6.07. The van der Waals surface area contributed by atoms with Gasteiger partial charge in [0, 0.05) is 19.5 Å². The van der Waals surface area contributed by atoms with Gasteiger partial charge in [-0.2, -0.15) is 5.10 Å². The van der Waals surface area contributed by atoms with E-state index in [0.29, 0.717) is 24.3 Å². The molecule has 2 heterocycles. The Morgan fingerprint density at radius 2 is 2.00 bits per heavy atom. The van der Waals surface area contributed by atoms with Gasteiger partial charge in [-0.3, -0.25) is 9.89 Å². The highest BCUT2D eigenvalue weighted by molar-refractivity contribution is 7.90. The predicted octanol–water partition coefficient (Wildman–Crippen LogP) is 2.50. The van der Waals surface area contributed by atoms with E-state index >= 15 is 0 Å². The van der Waals surface area contributed by atoms with Crippen molar-refractivity contribution in [1.82, 2.24) is 20.1 Å². The first-order chi connectivity index (χ1) is 13.4. The molecule has 0 aliphatic rings. The molecule has 8 nitrogen and oxygen atoms in total. The number of rotatable bonds is 8. The summed E-state index contributed by atoms with van der Waals surface area (Å²) in [5.74, 6) is 0.297. The molecule has 3 aromatic rings. The second-order valence-corrected chi connectivity index (χ2v) is 8.41. The summed E-state index contributed by atoms with van der Waals surface area (Å²) in [6.45, 7) is 2.99. The lowest BCUT2D eigenvalue weighted by Gasteiger charge is -2.05. The number of carbonyl (C=O) groups is 1. The molecule has 0 spiro atoms. The minimum atomic E-state index is -3.53. The van der Waals surface area contributed by atoms with Crippen molar-refractivity contribution in [2.75, 3.05) is 6.54 Å². The lowest BCUT2D eigenvalue weighted by Crippen LogP contribution is -2.26. The highest BCUT2D eigenvalue weighted by atomic mass is 32.2. The van der Waals surface area contributed by atoms with Gasteiger partial charge in [-0.15, -0.1) is 0 Å². The molecule has 0 atom stereocenters. The van der Waals surface area contributed by atoms with E-state index in [2.05, 4.69) is 15.5 Å². The number of H-pyrrole nitrogens is 1. The van der Waals surface area contributed by atoms with Crippen molar-refractivity contribution in [1.29, 1.82) is 0 Å². The molecule has 0 unspecified atom stereocenters. The lowest BCUT2D eigenvalue weighted by atomic mass is 10.3. The summed E-state index contributed by atoms with van der Waals surface area (Å²) in [7, 11) is -3.53. The Kier molecular flexibility index (Phi) is 6.10. The summed E-state index contributed by atoms with van der Waals surface area (Å²) in [6.07, 6.45) is 0.503. The van der Waals surface area contributed by atoms with Gasteiger partial charge in [-0.05, 0) is 43.4 Å². The predicted molar refractivity (Wildman–Crippen MR) is 105 cm³/mol. The molecule has 28 heavy (non-hydrogen) atoms. The second-order valence-electron chi connectivity index (χ2n) is 6.03. The molecule has 10 heteroatoms. The monoisotopic (exact) mass is 420 g/mol. The first-order valence-corrected chi connectivity index (χ1v) is 10.8. The zero-order valence-corrected chi connectivity index (χ0v) is 16.8. The van der Waals surface area contributed by atoms with Crippen molar-refractivity contribution < 1.29 is 17.6 Å². The van der Waals surface area contributed by atoms with Crippen molar-refractivity contribution in [3.8, 4) is 0 Å². The van der Waals surface area contributed by atoms with Crippen LogP contribution in [0.4, 0.5) is 0 Å². The summed E-state index contributed by atoms with van der Waals surface area (Å²) in [6, 6.07) is 11.1. The van der Waals surface area contributed by atoms with Gasteiger partial charge in [0.15, 0.2) is 20.4 Å². The number of furan rings is 1. The van der Waals surface area contributed by atoms with E-state index in [1.54, 1.807) is 18.2 Å². The summed E-state index contributed by atoms with van der Waals surface area (Å²) in [5, 5.41) is 9.59. The Morgan fingerprint density at radius 3 is 2.71 bits per heavy atom. The van der Waals surface area contributed by atoms with E-state index in [-0.39, 0.29) is 22.2 Å². The topological polar surface area (TPSA) is 110 Å². The van der Waals surface area contributed by atoms with Crippen molar-refractivity contribution in [3.63, 3.8) is 0 Å². The molecule has 0 bridgehead atoms. The van der Waals surface area contributed by atoms with E-state index in [9.17, 15) is 13.2 Å². The number of sulfone groups is 1. The highest BCUT2D eigenvalue weighted by Gasteiger charge is 2.19. The fraction of sp³-hybridized carbons (Fsp3) is 0.278. The third kappa shape index (κ3) is 4.57. The smallest absolute Gasteiger partial charge is 0.287 e. The fourth-order valence-electron chi connectivity index (χ4n) is 2.72. The van der Waals surface area contributed by atoms with Crippen LogP contribution in [0.15, 0.2) is 51.8 Å². The zero-order chi connectivity index (χ0) is 20.1. The van der Waals surface area contributed by atoms with E-state index < -0.39 is 15.7 Å². The standard InChI is InChI=1S/C18H20N4O4S2/c1-2-22-16(20-21-18(22)27)10-11-19-17(23)15-9-8-13(26-15)12-28(24,25)14-6-4-3-5-7-14/h3-9H,2,10-12H2,1H3,(H,19,23)(H,21,27). The summed E-state index contributed by atoms with van der Waals surface area (Å²) < 4.78 is 32.6. The van der Waals surface area contributed by atoms with Gasteiger partial charge in [-0.1, -0.05) is 18.2 Å². The quantitative estimate of drug-likeness (QED) is 0.542. The molecule has 2 aromatic heterocycles. The number of amides is 1. The largest absolute Gasteiger partial charge is 0.455 e. The maximum absolute atomic E-state index is 12.4. The molecular formula is C18H20N4O4S2. The van der Waals surface area contributed by atoms with Crippen LogP contribution in [0.2, 0.25) is 0 Å². The number of aromatic nitrogens is 3. The molecule has 0 saturated heterocycles. The number of nitrogens with zero attached hydrogens (tertiary/aromatic N) is 2. The number of benzene rings is 1. The van der Waals surface area contributed by atoms with Crippen LogP contribution >= 0.6 is 12.2 Å². The number of aromatic amines is 1. The van der Waals surface area contributed by atoms with Crippen LogP contribution in [0.5, 0.6) is 0 Å². The van der Waals surface area contributed by atoms with Crippen LogP contribution in [-0.4, -0.2) is 35.6 Å². The van der Waals surface area contributed by atoms with E-state index in [1.807, 2.05) is 11.5 Å². The van der Waals surface area contributed by atoms with Gasteiger partial charge in [0.2, 0.25) is 0 Å². The minimum absolute atomic E-state index is 0.0626. The lowest BCUT2D eigenvalue weighted by molar-refractivity contribution is 0.0924. The van der Waals surface area contributed by atoms with Crippen LogP contribution in [0.3, 0.4) is 0 Å². The number of nitrogens with one attached hydrogen (secondary N) is 2. The van der Waals surface area contributed by atoms with Gasteiger partial charge in [0.05, 0.1) is 4.90 Å². The van der Waals surface area contributed by atoms with Crippen LogP contribution in [0.1, 0.15) is 29.1 Å². The van der Waals surface area contributed by atoms with Crippen LogP contribution in [0, 0.1) is 4.77 Å². The van der Waals surface area contributed by atoms with E-state index in [0.717, 1.165) is 5.82 Å². The number of hydrogen-bond acceptors (Lipinski definition) is 6. The Hall–Kier alpha value is -2.72. The molecule has 3 rings (SSSR count). The van der Waals surface area contributed by atoms with Gasteiger partial charge in [0.1, 0.15) is 17.3 Å². The summed E-state index contributed by atoms with van der Waals surface area (Å²) in [5.41, 5.74) is 0. The van der Waals surface area contributed by atoms with Crippen molar-refractivity contribution in [3.05, 3.63) is 64.6 Å². The van der Waals surface area contributed by atoms with Gasteiger partial charge < -0.3 is 14.3 Å². The van der Waals surface area contributed by atoms with Gasteiger partial charge in [-0.25, -0.2) is 8.42 Å². The highest BCUT2D eigenvalue weighted by Crippen LogP contribution is 2.18. The molecule has 0 radical (unpaired) electrons. The van der Waals surface area contributed by atoms with E-state index in [1.165, 1.54) is 24.3 Å². The van der Waals surface area contributed by atoms with Gasteiger partial charge in [0.25, 0.3) is 5.91 Å². The molecule has 0 fully saturated rings. The van der Waals surface area contributed by atoms with Gasteiger partial charge >= 0.3 is 0 Å². The van der Waals surface area contributed by atoms with Crippen LogP contribution in [0.25, 0.3) is 0 Å². The van der Waals surface area contributed by atoms with Crippen molar-refractivity contribution in [2.24, 2.45) is 0 Å². The first kappa shape index (κ1) is 20.0. The Morgan fingerprint density at radius 1 is 1.25 bits per heavy atom. The number of hydrogen-bond donors (Lipinski definition) is 2. The SMILES string of the molecule is CCn1c(CCNC(=O)c2ccc(CS(=O)(=O)c3ccccc3)o2)n[nH]c1=S. The fourth-order valence-corrected chi connectivity index (χ4v) is 4.27.